The third-order valence-electron chi connectivity index (χ3n) is 1.81. The molecule has 0 spiro atoms. The van der Waals surface area contributed by atoms with E-state index in [4.69, 9.17) is 11.6 Å². The van der Waals surface area contributed by atoms with Crippen LogP contribution >= 0.6 is 22.9 Å². The lowest BCUT2D eigenvalue weighted by Gasteiger charge is -2.04. The fourth-order valence-electron chi connectivity index (χ4n) is 1.09. The van der Waals surface area contributed by atoms with Crippen molar-refractivity contribution in [1.82, 2.24) is 10.2 Å². The number of nitrogens with one attached hydrogen (secondary N) is 1. The summed E-state index contributed by atoms with van der Waals surface area (Å²) < 4.78 is 12.7. The van der Waals surface area contributed by atoms with Gasteiger partial charge in [0.15, 0.2) is 0 Å². The van der Waals surface area contributed by atoms with E-state index in [0.717, 1.165) is 10.7 Å². The van der Waals surface area contributed by atoms with Crippen LogP contribution in [-0.2, 0) is 6.54 Å². The molecule has 2 rings (SSSR count). The van der Waals surface area contributed by atoms with E-state index in [1.165, 1.54) is 23.5 Å². The average Bonchev–Trinajstić information content (AvgIpc) is 2.69. The standard InChI is InChI=1S/C9H7ClFN3S/c10-8-3-7(11)2-1-6(8)4-12-9-14-13-5-15-9/h1-3,5H,4H2,(H,12,14). The molecule has 0 aliphatic rings. The SMILES string of the molecule is Fc1ccc(CNc2nncs2)c(Cl)c1. The zero-order valence-electron chi connectivity index (χ0n) is 7.58. The summed E-state index contributed by atoms with van der Waals surface area (Å²) in [4.78, 5) is 0. The zero-order chi connectivity index (χ0) is 10.7. The van der Waals surface area contributed by atoms with Crippen LogP contribution in [0, 0.1) is 5.82 Å². The maximum Gasteiger partial charge on any atom is 0.205 e. The van der Waals surface area contributed by atoms with E-state index >= 15 is 0 Å². The molecule has 0 saturated carbocycles. The Bertz CT molecular complexity index is 447. The third kappa shape index (κ3) is 2.64. The second-order valence-electron chi connectivity index (χ2n) is 2.83. The van der Waals surface area contributed by atoms with Crippen LogP contribution in [0.4, 0.5) is 9.52 Å². The lowest BCUT2D eigenvalue weighted by atomic mass is 10.2. The molecule has 6 heteroatoms. The quantitative estimate of drug-likeness (QED) is 0.901. The third-order valence-corrected chi connectivity index (χ3v) is 2.81. The van der Waals surface area contributed by atoms with Crippen molar-refractivity contribution >= 4 is 28.1 Å². The van der Waals surface area contributed by atoms with Gasteiger partial charge in [0.1, 0.15) is 11.3 Å². The fourth-order valence-corrected chi connectivity index (χ4v) is 1.76. The van der Waals surface area contributed by atoms with Gasteiger partial charge in [-0.05, 0) is 17.7 Å². The van der Waals surface area contributed by atoms with Gasteiger partial charge in [0, 0.05) is 11.6 Å². The molecule has 0 radical (unpaired) electrons. The number of benzene rings is 1. The van der Waals surface area contributed by atoms with Crippen LogP contribution in [0.15, 0.2) is 23.7 Å². The van der Waals surface area contributed by atoms with Gasteiger partial charge in [0.25, 0.3) is 0 Å². The number of hydrogen-bond acceptors (Lipinski definition) is 4. The number of halogens is 2. The van der Waals surface area contributed by atoms with Gasteiger partial charge < -0.3 is 5.32 Å². The molecule has 78 valence electrons. The maximum atomic E-state index is 12.7. The Morgan fingerprint density at radius 1 is 1.47 bits per heavy atom. The highest BCUT2D eigenvalue weighted by Crippen LogP contribution is 2.19. The van der Waals surface area contributed by atoms with Crippen molar-refractivity contribution in [3.8, 4) is 0 Å². The summed E-state index contributed by atoms with van der Waals surface area (Å²) in [6.45, 7) is 0.508. The minimum Gasteiger partial charge on any atom is -0.356 e. The first-order valence-electron chi connectivity index (χ1n) is 4.19. The number of aromatic nitrogens is 2. The van der Waals surface area contributed by atoms with E-state index in [0.29, 0.717) is 11.6 Å². The highest BCUT2D eigenvalue weighted by atomic mass is 35.5. The van der Waals surface area contributed by atoms with Gasteiger partial charge >= 0.3 is 0 Å². The molecule has 15 heavy (non-hydrogen) atoms. The lowest BCUT2D eigenvalue weighted by molar-refractivity contribution is 0.627. The summed E-state index contributed by atoms with van der Waals surface area (Å²) in [7, 11) is 0. The molecule has 3 nitrogen and oxygen atoms in total. The summed E-state index contributed by atoms with van der Waals surface area (Å²) in [6, 6.07) is 4.31. The van der Waals surface area contributed by atoms with E-state index in [9.17, 15) is 4.39 Å². The summed E-state index contributed by atoms with van der Waals surface area (Å²) >= 11 is 7.26. The molecule has 0 amide bonds. The van der Waals surface area contributed by atoms with Crippen LogP contribution < -0.4 is 5.32 Å². The molecule has 0 unspecified atom stereocenters. The number of rotatable bonds is 3. The Morgan fingerprint density at radius 3 is 3.00 bits per heavy atom. The molecule has 1 heterocycles. The summed E-state index contributed by atoms with van der Waals surface area (Å²) in [5.74, 6) is -0.334. The maximum absolute atomic E-state index is 12.7. The molecular formula is C9H7ClFN3S. The molecule has 0 atom stereocenters. The van der Waals surface area contributed by atoms with Crippen LogP contribution in [0.25, 0.3) is 0 Å². The van der Waals surface area contributed by atoms with Crippen molar-refractivity contribution in [2.75, 3.05) is 5.32 Å². The van der Waals surface area contributed by atoms with E-state index < -0.39 is 0 Å². The second-order valence-corrected chi connectivity index (χ2v) is 4.07. The number of anilines is 1. The van der Waals surface area contributed by atoms with Crippen molar-refractivity contribution in [3.05, 3.63) is 40.1 Å². The second kappa shape index (κ2) is 4.55. The van der Waals surface area contributed by atoms with E-state index in [-0.39, 0.29) is 5.82 Å². The van der Waals surface area contributed by atoms with Gasteiger partial charge in [0.2, 0.25) is 5.13 Å². The largest absolute Gasteiger partial charge is 0.356 e. The highest BCUT2D eigenvalue weighted by Gasteiger charge is 2.02. The Kier molecular flexibility index (Phi) is 3.13. The van der Waals surface area contributed by atoms with Gasteiger partial charge in [-0.2, -0.15) is 0 Å². The van der Waals surface area contributed by atoms with Gasteiger partial charge in [-0.3, -0.25) is 0 Å². The molecule has 2 aromatic rings. The molecule has 1 aromatic heterocycles. The van der Waals surface area contributed by atoms with Gasteiger partial charge in [-0.1, -0.05) is 29.0 Å². The predicted molar refractivity (Wildman–Crippen MR) is 58.6 cm³/mol. The molecule has 0 bridgehead atoms. The first-order valence-corrected chi connectivity index (χ1v) is 5.45. The molecule has 1 N–H and O–H groups in total. The minimum absolute atomic E-state index is 0.334. The van der Waals surface area contributed by atoms with Crippen LogP contribution in [-0.4, -0.2) is 10.2 Å². The molecule has 0 fully saturated rings. The molecule has 0 saturated heterocycles. The Hall–Kier alpha value is -1.20. The highest BCUT2D eigenvalue weighted by molar-refractivity contribution is 7.13. The molecule has 0 aliphatic heterocycles. The van der Waals surface area contributed by atoms with E-state index in [2.05, 4.69) is 15.5 Å². The van der Waals surface area contributed by atoms with Gasteiger partial charge in [0.05, 0.1) is 0 Å². The monoisotopic (exact) mass is 243 g/mol. The van der Waals surface area contributed by atoms with Crippen LogP contribution in [0.5, 0.6) is 0 Å². The summed E-state index contributed by atoms with van der Waals surface area (Å²) in [5.41, 5.74) is 2.46. The van der Waals surface area contributed by atoms with Gasteiger partial charge in [-0.15, -0.1) is 10.2 Å². The van der Waals surface area contributed by atoms with Crippen molar-refractivity contribution < 1.29 is 4.39 Å². The molecular weight excluding hydrogens is 237 g/mol. The number of nitrogens with zero attached hydrogens (tertiary/aromatic N) is 2. The number of hydrogen-bond donors (Lipinski definition) is 1. The van der Waals surface area contributed by atoms with Crippen molar-refractivity contribution in [2.24, 2.45) is 0 Å². The van der Waals surface area contributed by atoms with Crippen LogP contribution in [0.2, 0.25) is 5.02 Å². The normalized spacial score (nSPS) is 10.3. The predicted octanol–water partition coefficient (Wildman–Crippen LogP) is 2.94. The van der Waals surface area contributed by atoms with Crippen LogP contribution in [0.1, 0.15) is 5.56 Å². The Labute approximate surface area is 94.9 Å². The van der Waals surface area contributed by atoms with E-state index in [1.807, 2.05) is 0 Å². The lowest BCUT2D eigenvalue weighted by Crippen LogP contribution is -1.99. The van der Waals surface area contributed by atoms with Crippen molar-refractivity contribution in [1.29, 1.82) is 0 Å². The minimum atomic E-state index is -0.334. The smallest absolute Gasteiger partial charge is 0.205 e. The topological polar surface area (TPSA) is 37.8 Å². The van der Waals surface area contributed by atoms with Crippen molar-refractivity contribution in [3.63, 3.8) is 0 Å². The fraction of sp³-hybridized carbons (Fsp3) is 0.111. The van der Waals surface area contributed by atoms with Crippen molar-refractivity contribution in [2.45, 2.75) is 6.54 Å². The Morgan fingerprint density at radius 2 is 2.33 bits per heavy atom. The molecule has 0 aliphatic carbocycles. The van der Waals surface area contributed by atoms with Crippen LogP contribution in [0.3, 0.4) is 0 Å². The first kappa shape index (κ1) is 10.3. The van der Waals surface area contributed by atoms with Gasteiger partial charge in [-0.25, -0.2) is 4.39 Å². The first-order chi connectivity index (χ1) is 7.25. The Balaban J connectivity index is 2.05. The zero-order valence-corrected chi connectivity index (χ0v) is 9.15. The summed E-state index contributed by atoms with van der Waals surface area (Å²) in [6.07, 6.45) is 0. The molecule has 1 aromatic carbocycles. The summed E-state index contributed by atoms with van der Waals surface area (Å²) in [5, 5.41) is 11.7. The van der Waals surface area contributed by atoms with E-state index in [1.54, 1.807) is 11.6 Å². The average molecular weight is 244 g/mol.